The van der Waals surface area contributed by atoms with Crippen LogP contribution in [0.5, 0.6) is 0 Å². The third-order valence-electron chi connectivity index (χ3n) is 7.72. The van der Waals surface area contributed by atoms with E-state index in [0.717, 1.165) is 33.4 Å². The van der Waals surface area contributed by atoms with E-state index in [1.54, 1.807) is 0 Å². The SMILES string of the molecule is O=c1oc(=O)c2cc3c(=O)n(C4CCCC[C@@H]4n4c(=O)c5cc6c(=O)oc(=O)c6cc5c4=O)c(=O)c3cc12. The first-order chi connectivity index (χ1) is 18.2. The Bertz CT molecular complexity index is 2110. The molecule has 1 unspecified atom stereocenters. The Hall–Kier alpha value is -5.00. The minimum atomic E-state index is -0.915. The highest BCUT2D eigenvalue weighted by molar-refractivity contribution is 5.98. The van der Waals surface area contributed by atoms with Crippen LogP contribution in [-0.4, -0.2) is 9.13 Å². The zero-order valence-electron chi connectivity index (χ0n) is 19.3. The van der Waals surface area contributed by atoms with E-state index in [4.69, 9.17) is 0 Å². The topological polar surface area (TPSA) is 173 Å². The lowest BCUT2D eigenvalue weighted by molar-refractivity contribution is 0.229. The van der Waals surface area contributed by atoms with Gasteiger partial charge in [0.25, 0.3) is 22.2 Å². The molecule has 1 fully saturated rings. The van der Waals surface area contributed by atoms with Crippen LogP contribution >= 0.6 is 0 Å². The molecule has 0 aliphatic heterocycles. The molecule has 6 aromatic rings. The molecular weight excluding hydrogens is 500 g/mol. The molecule has 0 amide bonds. The first-order valence-corrected chi connectivity index (χ1v) is 11.8. The molecule has 7 rings (SSSR count). The molecule has 38 heavy (non-hydrogen) atoms. The fraction of sp³-hybridized carbons (Fsp3) is 0.231. The van der Waals surface area contributed by atoms with E-state index in [-0.39, 0.29) is 43.1 Å². The fourth-order valence-electron chi connectivity index (χ4n) is 5.97. The Balaban J connectivity index is 1.48. The number of nitrogens with zero attached hydrogens (tertiary/aromatic N) is 2. The van der Waals surface area contributed by atoms with Crippen molar-refractivity contribution >= 4 is 43.1 Å². The van der Waals surface area contributed by atoms with Gasteiger partial charge in [-0.25, -0.2) is 19.2 Å². The Morgan fingerprint density at radius 2 is 0.711 bits per heavy atom. The number of benzene rings is 2. The van der Waals surface area contributed by atoms with Gasteiger partial charge in [0.15, 0.2) is 0 Å². The molecule has 188 valence electrons. The van der Waals surface area contributed by atoms with Gasteiger partial charge in [0.2, 0.25) is 0 Å². The average molecular weight is 514 g/mol. The van der Waals surface area contributed by atoms with Crippen molar-refractivity contribution in [3.63, 3.8) is 0 Å². The molecule has 0 spiro atoms. The van der Waals surface area contributed by atoms with E-state index in [1.807, 2.05) is 0 Å². The molecule has 0 bridgehead atoms. The van der Waals surface area contributed by atoms with Crippen LogP contribution in [0.2, 0.25) is 0 Å². The lowest BCUT2D eigenvalue weighted by Crippen LogP contribution is -2.42. The van der Waals surface area contributed by atoms with Crippen molar-refractivity contribution in [2.45, 2.75) is 37.8 Å². The van der Waals surface area contributed by atoms with Gasteiger partial charge in [-0.2, -0.15) is 0 Å². The summed E-state index contributed by atoms with van der Waals surface area (Å²) in [6.45, 7) is 0. The maximum absolute atomic E-state index is 13.4. The zero-order chi connectivity index (χ0) is 26.6. The first kappa shape index (κ1) is 22.2. The molecule has 12 heteroatoms. The maximum atomic E-state index is 13.4. The Kier molecular flexibility index (Phi) is 4.26. The number of hydrogen-bond donors (Lipinski definition) is 0. The molecule has 0 saturated heterocycles. The van der Waals surface area contributed by atoms with Crippen LogP contribution in [0.4, 0.5) is 0 Å². The Morgan fingerprint density at radius 1 is 0.447 bits per heavy atom. The highest BCUT2D eigenvalue weighted by Crippen LogP contribution is 2.36. The van der Waals surface area contributed by atoms with Gasteiger partial charge in [0, 0.05) is 0 Å². The van der Waals surface area contributed by atoms with Crippen molar-refractivity contribution in [2.24, 2.45) is 0 Å². The van der Waals surface area contributed by atoms with Crippen LogP contribution < -0.4 is 44.7 Å². The molecule has 2 atom stereocenters. The van der Waals surface area contributed by atoms with Gasteiger partial charge in [-0.05, 0) is 37.1 Å². The predicted molar refractivity (Wildman–Crippen MR) is 135 cm³/mol. The summed E-state index contributed by atoms with van der Waals surface area (Å²) in [5, 5.41) is -0.726. The van der Waals surface area contributed by atoms with Crippen molar-refractivity contribution < 1.29 is 8.83 Å². The second kappa shape index (κ2) is 7.28. The summed E-state index contributed by atoms with van der Waals surface area (Å²) < 4.78 is 11.1. The standard InChI is InChI=1S/C26H14N2O10/c29-19-9-5-13-14(24(34)37-23(13)33)6-10(9)20(30)27(19)17-3-1-2-4-18(17)28-21(31)11-7-15-16(8-12(11)22(28)32)26(36)38-25(15)35/h5-8,17-18H,1-4H2/t17-,18?/m0/s1. The van der Waals surface area contributed by atoms with E-state index in [0.29, 0.717) is 25.7 Å². The highest BCUT2D eigenvalue weighted by atomic mass is 16.4. The third kappa shape index (κ3) is 2.68. The van der Waals surface area contributed by atoms with Crippen LogP contribution in [-0.2, 0) is 0 Å². The van der Waals surface area contributed by atoms with Crippen LogP contribution in [0.1, 0.15) is 37.8 Å². The van der Waals surface area contributed by atoms with Gasteiger partial charge in [-0.15, -0.1) is 0 Å². The van der Waals surface area contributed by atoms with Gasteiger partial charge in [-0.3, -0.25) is 28.3 Å². The van der Waals surface area contributed by atoms with Gasteiger partial charge in [-0.1, -0.05) is 12.8 Å². The molecule has 4 aromatic heterocycles. The van der Waals surface area contributed by atoms with Gasteiger partial charge in [0.1, 0.15) is 0 Å². The minimum absolute atomic E-state index is 0.0689. The predicted octanol–water partition coefficient (Wildman–Crippen LogP) is 0.0776. The smallest absolute Gasteiger partial charge is 0.346 e. The molecule has 1 aliphatic carbocycles. The van der Waals surface area contributed by atoms with Crippen molar-refractivity contribution in [1.29, 1.82) is 0 Å². The summed E-state index contributed by atoms with van der Waals surface area (Å²) in [4.78, 5) is 102. The molecule has 0 radical (unpaired) electrons. The Labute approximate surface area is 206 Å². The highest BCUT2D eigenvalue weighted by Gasteiger charge is 2.35. The summed E-state index contributed by atoms with van der Waals surface area (Å²) in [6.07, 6.45) is 1.86. The van der Waals surface area contributed by atoms with Crippen molar-refractivity contribution in [2.75, 3.05) is 0 Å². The van der Waals surface area contributed by atoms with E-state index in [2.05, 4.69) is 8.83 Å². The largest absolute Gasteiger partial charge is 0.386 e. The first-order valence-electron chi connectivity index (χ1n) is 11.8. The number of furan rings is 2. The summed E-state index contributed by atoms with van der Waals surface area (Å²) in [6, 6.07) is 2.92. The van der Waals surface area contributed by atoms with Crippen LogP contribution in [0, 0.1) is 0 Å². The van der Waals surface area contributed by atoms with E-state index in [9.17, 15) is 38.4 Å². The van der Waals surface area contributed by atoms with Gasteiger partial charge in [0.05, 0.1) is 55.2 Å². The van der Waals surface area contributed by atoms with Crippen LogP contribution in [0.15, 0.2) is 71.5 Å². The second-order valence-corrected chi connectivity index (χ2v) is 9.62. The summed E-state index contributed by atoms with van der Waals surface area (Å²) in [7, 11) is 0. The minimum Gasteiger partial charge on any atom is -0.386 e. The molecule has 1 saturated carbocycles. The molecule has 0 N–H and O–H groups in total. The van der Waals surface area contributed by atoms with Crippen LogP contribution in [0.25, 0.3) is 43.1 Å². The van der Waals surface area contributed by atoms with Gasteiger partial charge >= 0.3 is 22.5 Å². The lowest BCUT2D eigenvalue weighted by atomic mass is 9.90. The second-order valence-electron chi connectivity index (χ2n) is 9.62. The molecule has 12 nitrogen and oxygen atoms in total. The van der Waals surface area contributed by atoms with Crippen LogP contribution in [0.3, 0.4) is 0 Å². The zero-order valence-corrected chi connectivity index (χ0v) is 19.3. The quantitative estimate of drug-likeness (QED) is 0.308. The van der Waals surface area contributed by atoms with Crippen molar-refractivity contribution in [3.8, 4) is 0 Å². The Morgan fingerprint density at radius 3 is 0.974 bits per heavy atom. The maximum Gasteiger partial charge on any atom is 0.346 e. The van der Waals surface area contributed by atoms with Crippen molar-refractivity contribution in [3.05, 3.63) is 107 Å². The normalized spacial score (nSPS) is 18.4. The molecular formula is C26H14N2O10. The average Bonchev–Trinajstić information content (AvgIpc) is 3.52. The molecule has 4 heterocycles. The number of rotatable bonds is 2. The molecule has 2 aromatic carbocycles. The van der Waals surface area contributed by atoms with E-state index < -0.39 is 56.8 Å². The van der Waals surface area contributed by atoms with Crippen molar-refractivity contribution in [1.82, 2.24) is 9.13 Å². The molecule has 1 aliphatic rings. The van der Waals surface area contributed by atoms with Gasteiger partial charge < -0.3 is 8.83 Å². The summed E-state index contributed by atoms with van der Waals surface area (Å²) >= 11 is 0. The number of fused-ring (bicyclic) bond motifs is 4. The number of hydrogen-bond acceptors (Lipinski definition) is 10. The van der Waals surface area contributed by atoms with E-state index >= 15 is 0 Å². The third-order valence-corrected chi connectivity index (χ3v) is 7.72. The van der Waals surface area contributed by atoms with E-state index in [1.165, 1.54) is 0 Å². The summed E-state index contributed by atoms with van der Waals surface area (Å²) in [5.41, 5.74) is -6.49. The monoisotopic (exact) mass is 514 g/mol. The summed E-state index contributed by atoms with van der Waals surface area (Å²) in [5.74, 6) is 0. The number of aromatic nitrogens is 2. The lowest BCUT2D eigenvalue weighted by Gasteiger charge is -2.31. The fourth-order valence-corrected chi connectivity index (χ4v) is 5.97.